The average Bonchev–Trinajstić information content (AvgIpc) is 2.37. The molecule has 5 heteroatoms. The van der Waals surface area contributed by atoms with Gasteiger partial charge in [0.15, 0.2) is 0 Å². The summed E-state index contributed by atoms with van der Waals surface area (Å²) in [5.41, 5.74) is 0. The molecule has 2 N–H and O–H groups in total. The highest BCUT2D eigenvalue weighted by atomic mass is 32.2. The number of nitrogens with one attached hydrogen (secondary N) is 1. The molecule has 0 saturated carbocycles. The van der Waals surface area contributed by atoms with Crippen molar-refractivity contribution < 1.29 is 9.90 Å². The first-order valence-corrected chi connectivity index (χ1v) is 6.83. The lowest BCUT2D eigenvalue weighted by molar-refractivity contribution is 0.190. The van der Waals surface area contributed by atoms with Crippen LogP contribution < -0.4 is 5.32 Å². The van der Waals surface area contributed by atoms with Crippen LogP contribution in [0.25, 0.3) is 0 Å². The van der Waals surface area contributed by atoms with E-state index in [1.54, 1.807) is 18.8 Å². The van der Waals surface area contributed by atoms with Gasteiger partial charge in [-0.3, -0.25) is 0 Å². The second-order valence-corrected chi connectivity index (χ2v) is 5.58. The summed E-state index contributed by atoms with van der Waals surface area (Å²) in [5.74, 6) is 0. The maximum atomic E-state index is 11.6. The summed E-state index contributed by atoms with van der Waals surface area (Å²) in [6.45, 7) is 3.02. The van der Waals surface area contributed by atoms with Gasteiger partial charge in [0.25, 0.3) is 0 Å². The number of carbonyl (C=O) groups excluding carboxylic acids is 1. The zero-order chi connectivity index (χ0) is 13.4. The SMILES string of the molecule is CC(CNC(=O)N(C)CCO)Sc1ccccc1. The van der Waals surface area contributed by atoms with Gasteiger partial charge >= 0.3 is 6.03 Å². The van der Waals surface area contributed by atoms with Crippen LogP contribution in [0.4, 0.5) is 4.79 Å². The molecule has 0 radical (unpaired) electrons. The minimum atomic E-state index is -0.149. The van der Waals surface area contributed by atoms with Crippen LogP contribution in [-0.4, -0.2) is 48.0 Å². The Balaban J connectivity index is 2.29. The largest absolute Gasteiger partial charge is 0.395 e. The van der Waals surface area contributed by atoms with Gasteiger partial charge in [-0.2, -0.15) is 0 Å². The van der Waals surface area contributed by atoms with E-state index in [2.05, 4.69) is 24.4 Å². The normalized spacial score (nSPS) is 11.9. The van der Waals surface area contributed by atoms with Gasteiger partial charge in [-0.15, -0.1) is 11.8 Å². The molecule has 1 rings (SSSR count). The molecule has 0 aliphatic rings. The quantitative estimate of drug-likeness (QED) is 0.774. The number of carbonyl (C=O) groups is 1. The number of hydrogen-bond acceptors (Lipinski definition) is 3. The molecule has 100 valence electrons. The highest BCUT2D eigenvalue weighted by molar-refractivity contribution is 8.00. The lowest BCUT2D eigenvalue weighted by Gasteiger charge is -2.18. The van der Waals surface area contributed by atoms with Crippen molar-refractivity contribution in [3.05, 3.63) is 30.3 Å². The number of aliphatic hydroxyl groups is 1. The smallest absolute Gasteiger partial charge is 0.317 e. The number of rotatable bonds is 6. The Labute approximate surface area is 112 Å². The maximum absolute atomic E-state index is 11.6. The van der Waals surface area contributed by atoms with Gasteiger partial charge in [-0.25, -0.2) is 4.79 Å². The summed E-state index contributed by atoms with van der Waals surface area (Å²) < 4.78 is 0. The van der Waals surface area contributed by atoms with Crippen LogP contribution in [0.5, 0.6) is 0 Å². The molecule has 0 bridgehead atoms. The van der Waals surface area contributed by atoms with Gasteiger partial charge < -0.3 is 15.3 Å². The topological polar surface area (TPSA) is 52.6 Å². The molecule has 1 atom stereocenters. The van der Waals surface area contributed by atoms with Crippen molar-refractivity contribution in [3.63, 3.8) is 0 Å². The fraction of sp³-hybridized carbons (Fsp3) is 0.462. The van der Waals surface area contributed by atoms with E-state index in [1.165, 1.54) is 9.80 Å². The predicted octanol–water partition coefficient (Wildman–Crippen LogP) is 1.80. The van der Waals surface area contributed by atoms with E-state index in [4.69, 9.17) is 5.11 Å². The third-order valence-electron chi connectivity index (χ3n) is 2.40. The lowest BCUT2D eigenvalue weighted by Crippen LogP contribution is -2.40. The minimum absolute atomic E-state index is 0.0156. The van der Waals surface area contributed by atoms with Crippen LogP contribution >= 0.6 is 11.8 Å². The van der Waals surface area contributed by atoms with Crippen LogP contribution in [0, 0.1) is 0 Å². The molecule has 0 aromatic heterocycles. The minimum Gasteiger partial charge on any atom is -0.395 e. The van der Waals surface area contributed by atoms with E-state index in [0.717, 1.165) is 0 Å². The van der Waals surface area contributed by atoms with Gasteiger partial charge in [0.2, 0.25) is 0 Å². The van der Waals surface area contributed by atoms with E-state index >= 15 is 0 Å². The number of urea groups is 1. The second kappa shape index (κ2) is 8.00. The number of aliphatic hydroxyl groups excluding tert-OH is 1. The third kappa shape index (κ3) is 5.42. The molecule has 18 heavy (non-hydrogen) atoms. The first-order chi connectivity index (χ1) is 8.63. The van der Waals surface area contributed by atoms with E-state index in [1.807, 2.05) is 18.2 Å². The number of benzene rings is 1. The van der Waals surface area contributed by atoms with Crippen LogP contribution in [0.3, 0.4) is 0 Å². The number of hydrogen-bond donors (Lipinski definition) is 2. The summed E-state index contributed by atoms with van der Waals surface area (Å²) in [7, 11) is 1.67. The van der Waals surface area contributed by atoms with E-state index < -0.39 is 0 Å². The Hall–Kier alpha value is -1.20. The summed E-state index contributed by atoms with van der Waals surface area (Å²) in [4.78, 5) is 14.3. The zero-order valence-corrected chi connectivity index (χ0v) is 11.6. The highest BCUT2D eigenvalue weighted by Gasteiger charge is 2.10. The molecule has 0 aliphatic heterocycles. The fourth-order valence-corrected chi connectivity index (χ4v) is 2.34. The molecule has 0 heterocycles. The first kappa shape index (κ1) is 14.9. The van der Waals surface area contributed by atoms with Gasteiger partial charge in [-0.05, 0) is 12.1 Å². The standard InChI is InChI=1S/C13H20N2O2S/c1-11(18-12-6-4-3-5-7-12)10-14-13(17)15(2)8-9-16/h3-7,11,16H,8-10H2,1-2H3,(H,14,17). The summed E-state index contributed by atoms with van der Waals surface area (Å²) >= 11 is 1.73. The molecule has 1 aromatic carbocycles. The Morgan fingerprint density at radius 2 is 2.11 bits per heavy atom. The molecule has 0 fully saturated rings. The van der Waals surface area contributed by atoms with Crippen molar-refractivity contribution in [1.29, 1.82) is 0 Å². The number of thioether (sulfide) groups is 1. The van der Waals surface area contributed by atoms with Gasteiger partial charge in [0.05, 0.1) is 6.61 Å². The van der Waals surface area contributed by atoms with Crippen molar-refractivity contribution in [1.82, 2.24) is 10.2 Å². The predicted molar refractivity (Wildman–Crippen MR) is 74.9 cm³/mol. The molecule has 0 saturated heterocycles. The molecular formula is C13H20N2O2S. The Morgan fingerprint density at radius 1 is 1.44 bits per heavy atom. The van der Waals surface area contributed by atoms with Crippen molar-refractivity contribution in [2.45, 2.75) is 17.1 Å². The summed E-state index contributed by atoms with van der Waals surface area (Å²) in [6, 6.07) is 9.96. The van der Waals surface area contributed by atoms with Gasteiger partial charge in [-0.1, -0.05) is 25.1 Å². The van der Waals surface area contributed by atoms with E-state index in [-0.39, 0.29) is 12.6 Å². The molecule has 4 nitrogen and oxygen atoms in total. The summed E-state index contributed by atoms with van der Waals surface area (Å²) in [6.07, 6.45) is 0. The monoisotopic (exact) mass is 268 g/mol. The highest BCUT2D eigenvalue weighted by Crippen LogP contribution is 2.21. The Morgan fingerprint density at radius 3 is 2.72 bits per heavy atom. The van der Waals surface area contributed by atoms with E-state index in [9.17, 15) is 4.79 Å². The van der Waals surface area contributed by atoms with Crippen LogP contribution in [0.1, 0.15) is 6.92 Å². The average molecular weight is 268 g/mol. The lowest BCUT2D eigenvalue weighted by atomic mass is 10.4. The molecule has 0 aliphatic carbocycles. The maximum Gasteiger partial charge on any atom is 0.317 e. The number of amides is 2. The van der Waals surface area contributed by atoms with Crippen molar-refractivity contribution >= 4 is 17.8 Å². The van der Waals surface area contributed by atoms with Crippen molar-refractivity contribution in [3.8, 4) is 0 Å². The fourth-order valence-electron chi connectivity index (χ4n) is 1.39. The Kier molecular flexibility index (Phi) is 6.60. The van der Waals surface area contributed by atoms with Crippen LogP contribution in [0.2, 0.25) is 0 Å². The first-order valence-electron chi connectivity index (χ1n) is 5.95. The van der Waals surface area contributed by atoms with Crippen molar-refractivity contribution in [2.24, 2.45) is 0 Å². The molecular weight excluding hydrogens is 248 g/mol. The zero-order valence-electron chi connectivity index (χ0n) is 10.8. The van der Waals surface area contributed by atoms with Gasteiger partial charge in [0.1, 0.15) is 0 Å². The number of likely N-dealkylation sites (N-methyl/N-ethyl adjacent to an activating group) is 1. The molecule has 1 unspecified atom stereocenters. The summed E-state index contributed by atoms with van der Waals surface area (Å²) in [5, 5.41) is 11.9. The van der Waals surface area contributed by atoms with Crippen LogP contribution in [-0.2, 0) is 0 Å². The Bertz CT molecular complexity index is 359. The third-order valence-corrected chi connectivity index (χ3v) is 3.52. The molecule has 0 spiro atoms. The van der Waals surface area contributed by atoms with Gasteiger partial charge in [0, 0.05) is 30.3 Å². The number of nitrogens with zero attached hydrogens (tertiary/aromatic N) is 1. The molecule has 1 aromatic rings. The van der Waals surface area contributed by atoms with Crippen LogP contribution in [0.15, 0.2) is 35.2 Å². The van der Waals surface area contributed by atoms with E-state index in [0.29, 0.717) is 18.3 Å². The molecule has 2 amide bonds. The van der Waals surface area contributed by atoms with Crippen molar-refractivity contribution in [2.75, 3.05) is 26.7 Å². The second-order valence-electron chi connectivity index (χ2n) is 4.07.